The zero-order chi connectivity index (χ0) is 21.6. The molecule has 3 aromatic rings. The summed E-state index contributed by atoms with van der Waals surface area (Å²) in [7, 11) is 0. The molecule has 0 atom stereocenters. The predicted molar refractivity (Wildman–Crippen MR) is 119 cm³/mol. The number of piperidine rings is 1. The number of hydrogen-bond donors (Lipinski definition) is 0. The van der Waals surface area contributed by atoms with Gasteiger partial charge in [0.25, 0.3) is 5.91 Å². The first kappa shape index (κ1) is 21.4. The van der Waals surface area contributed by atoms with Gasteiger partial charge in [-0.15, -0.1) is 0 Å². The fraction of sp³-hybridized carbons (Fsp3) is 0.375. The highest BCUT2D eigenvalue weighted by Crippen LogP contribution is 2.24. The number of halogens is 1. The third-order valence-electron chi connectivity index (χ3n) is 5.43. The van der Waals surface area contributed by atoms with Crippen LogP contribution in [-0.4, -0.2) is 30.5 Å². The minimum Gasteiger partial charge on any atom is -0.484 e. The lowest BCUT2D eigenvalue weighted by Crippen LogP contribution is -2.34. The van der Waals surface area contributed by atoms with Crippen LogP contribution in [0.25, 0.3) is 0 Å². The van der Waals surface area contributed by atoms with E-state index in [1.165, 1.54) is 19.3 Å². The van der Waals surface area contributed by atoms with Crippen LogP contribution >= 0.6 is 11.6 Å². The topological polar surface area (TPSA) is 59.1 Å². The monoisotopic (exact) mass is 442 g/mol. The number of hydrogen-bond acceptors (Lipinski definition) is 5. The molecule has 0 unspecified atom stereocenters. The summed E-state index contributed by atoms with van der Waals surface area (Å²) in [5.41, 5.74) is 0.903. The van der Waals surface area contributed by atoms with E-state index in [9.17, 15) is 4.79 Å². The highest BCUT2D eigenvalue weighted by atomic mass is 35.5. The van der Waals surface area contributed by atoms with Crippen LogP contribution in [-0.2, 0) is 17.9 Å². The number of anilines is 1. The number of amides is 1. The number of benzene rings is 1. The Morgan fingerprint density at radius 3 is 2.65 bits per heavy atom. The number of aryl methyl sites for hydroxylation is 1. The van der Waals surface area contributed by atoms with Gasteiger partial charge in [-0.05, 0) is 68.1 Å². The Kier molecular flexibility index (Phi) is 6.87. The Morgan fingerprint density at radius 2 is 1.90 bits per heavy atom. The second-order valence-corrected chi connectivity index (χ2v) is 8.22. The van der Waals surface area contributed by atoms with Crippen molar-refractivity contribution in [3.63, 3.8) is 0 Å². The molecule has 0 saturated carbocycles. The summed E-state index contributed by atoms with van der Waals surface area (Å²) in [6.07, 6.45) is 5.23. The molecule has 0 bridgehead atoms. The second-order valence-electron chi connectivity index (χ2n) is 7.82. The van der Waals surface area contributed by atoms with Crippen LogP contribution in [0.3, 0.4) is 0 Å². The first-order chi connectivity index (χ1) is 15.1. The number of ether oxygens (including phenoxy) is 1. The SMILES string of the molecule is Cc1cc(OCC(=O)N(Cc2ccco2)Cc2ccc(N3CCCCC3)o2)ccc1Cl. The number of nitrogens with zero attached hydrogens (tertiary/aromatic N) is 2. The zero-order valence-corrected chi connectivity index (χ0v) is 18.4. The molecule has 1 saturated heterocycles. The van der Waals surface area contributed by atoms with Crippen LogP contribution in [0.1, 0.15) is 36.3 Å². The highest BCUT2D eigenvalue weighted by Gasteiger charge is 2.20. The van der Waals surface area contributed by atoms with Crippen LogP contribution < -0.4 is 9.64 Å². The van der Waals surface area contributed by atoms with Gasteiger partial charge >= 0.3 is 0 Å². The molecule has 4 rings (SSSR count). The van der Waals surface area contributed by atoms with E-state index in [0.29, 0.717) is 29.6 Å². The van der Waals surface area contributed by atoms with E-state index in [1.54, 1.807) is 23.3 Å². The lowest BCUT2D eigenvalue weighted by atomic mass is 10.1. The molecule has 1 aliphatic rings. The van der Waals surface area contributed by atoms with Crippen LogP contribution in [0.4, 0.5) is 5.88 Å². The standard InChI is InChI=1S/C24H27ClN2O4/c1-18-14-19(7-9-22(18)25)30-17-23(28)27(15-20-6-5-13-29-20)16-21-8-10-24(31-21)26-11-3-2-4-12-26/h5-10,13-14H,2-4,11-12,15-17H2,1H3. The van der Waals surface area contributed by atoms with E-state index in [-0.39, 0.29) is 12.5 Å². The number of carbonyl (C=O) groups is 1. The van der Waals surface area contributed by atoms with Crippen LogP contribution in [0.5, 0.6) is 5.75 Å². The summed E-state index contributed by atoms with van der Waals surface area (Å²) in [4.78, 5) is 16.9. The summed E-state index contributed by atoms with van der Waals surface area (Å²) >= 11 is 6.07. The van der Waals surface area contributed by atoms with Crippen LogP contribution in [0, 0.1) is 6.92 Å². The summed E-state index contributed by atoms with van der Waals surface area (Å²) in [6.45, 7) is 4.52. The maximum Gasteiger partial charge on any atom is 0.261 e. The van der Waals surface area contributed by atoms with Gasteiger partial charge in [0.05, 0.1) is 19.4 Å². The van der Waals surface area contributed by atoms with Gasteiger partial charge in [-0.3, -0.25) is 4.79 Å². The van der Waals surface area contributed by atoms with Gasteiger partial charge in [-0.2, -0.15) is 0 Å². The molecule has 6 nitrogen and oxygen atoms in total. The number of furan rings is 2. The maximum atomic E-state index is 13.0. The highest BCUT2D eigenvalue weighted by molar-refractivity contribution is 6.31. The Labute approximate surface area is 187 Å². The third kappa shape index (κ3) is 5.64. The smallest absolute Gasteiger partial charge is 0.261 e. The van der Waals surface area contributed by atoms with Gasteiger partial charge < -0.3 is 23.4 Å². The molecule has 1 aromatic carbocycles. The molecule has 2 aromatic heterocycles. The molecule has 1 amide bonds. The average Bonchev–Trinajstić information content (AvgIpc) is 3.47. The van der Waals surface area contributed by atoms with E-state index in [2.05, 4.69) is 4.90 Å². The molecule has 0 N–H and O–H groups in total. The van der Waals surface area contributed by atoms with Crippen molar-refractivity contribution in [2.75, 3.05) is 24.6 Å². The Balaban J connectivity index is 1.43. The normalized spacial score (nSPS) is 13.9. The third-order valence-corrected chi connectivity index (χ3v) is 5.86. The van der Waals surface area contributed by atoms with E-state index >= 15 is 0 Å². The van der Waals surface area contributed by atoms with Crippen molar-refractivity contribution in [2.24, 2.45) is 0 Å². The quantitative estimate of drug-likeness (QED) is 0.465. The van der Waals surface area contributed by atoms with Gasteiger partial charge in [-0.25, -0.2) is 0 Å². The van der Waals surface area contributed by atoms with Crippen molar-refractivity contribution < 1.29 is 18.4 Å². The molecular formula is C24H27ClN2O4. The van der Waals surface area contributed by atoms with Crippen molar-refractivity contribution in [3.8, 4) is 5.75 Å². The first-order valence-corrected chi connectivity index (χ1v) is 11.0. The van der Waals surface area contributed by atoms with Gasteiger partial charge in [0.1, 0.15) is 17.3 Å². The molecule has 3 heterocycles. The Hall–Kier alpha value is -2.86. The molecule has 0 aliphatic carbocycles. The van der Waals surface area contributed by atoms with Crippen molar-refractivity contribution in [3.05, 3.63) is 70.8 Å². The van der Waals surface area contributed by atoms with Gasteiger partial charge in [0.2, 0.25) is 0 Å². The molecule has 0 spiro atoms. The summed E-state index contributed by atoms with van der Waals surface area (Å²) in [5.74, 6) is 2.77. The molecule has 164 valence electrons. The molecular weight excluding hydrogens is 416 g/mol. The van der Waals surface area contributed by atoms with Crippen molar-refractivity contribution in [1.29, 1.82) is 0 Å². The zero-order valence-electron chi connectivity index (χ0n) is 17.7. The maximum absolute atomic E-state index is 13.0. The molecule has 7 heteroatoms. The molecule has 31 heavy (non-hydrogen) atoms. The van der Waals surface area contributed by atoms with E-state index in [0.717, 1.165) is 30.3 Å². The second kappa shape index (κ2) is 9.96. The van der Waals surface area contributed by atoms with Crippen LogP contribution in [0.2, 0.25) is 5.02 Å². The Morgan fingerprint density at radius 1 is 1.10 bits per heavy atom. The fourth-order valence-electron chi connectivity index (χ4n) is 3.69. The van der Waals surface area contributed by atoms with E-state index in [1.807, 2.05) is 37.3 Å². The van der Waals surface area contributed by atoms with E-state index < -0.39 is 0 Å². The average molecular weight is 443 g/mol. The van der Waals surface area contributed by atoms with Gasteiger partial charge in [0.15, 0.2) is 12.5 Å². The molecule has 0 radical (unpaired) electrons. The lowest BCUT2D eigenvalue weighted by Gasteiger charge is -2.26. The van der Waals surface area contributed by atoms with Crippen molar-refractivity contribution in [2.45, 2.75) is 39.3 Å². The van der Waals surface area contributed by atoms with Gasteiger partial charge in [-0.1, -0.05) is 11.6 Å². The summed E-state index contributed by atoms with van der Waals surface area (Å²) in [5, 5.41) is 0.667. The lowest BCUT2D eigenvalue weighted by molar-refractivity contribution is -0.135. The molecule has 1 fully saturated rings. The minimum atomic E-state index is -0.153. The van der Waals surface area contributed by atoms with Crippen LogP contribution in [0.15, 0.2) is 57.6 Å². The molecule has 1 aliphatic heterocycles. The Bertz CT molecular complexity index is 993. The number of rotatable bonds is 8. The van der Waals surface area contributed by atoms with E-state index in [4.69, 9.17) is 25.2 Å². The minimum absolute atomic E-state index is 0.0819. The van der Waals surface area contributed by atoms with Crippen molar-refractivity contribution in [1.82, 2.24) is 4.90 Å². The predicted octanol–water partition coefficient (Wildman–Crippen LogP) is 5.43. The summed E-state index contributed by atoms with van der Waals surface area (Å²) < 4.78 is 17.2. The van der Waals surface area contributed by atoms with Crippen molar-refractivity contribution >= 4 is 23.4 Å². The largest absolute Gasteiger partial charge is 0.484 e. The van der Waals surface area contributed by atoms with Gasteiger partial charge in [0, 0.05) is 24.2 Å². The summed E-state index contributed by atoms with van der Waals surface area (Å²) in [6, 6.07) is 12.9. The first-order valence-electron chi connectivity index (χ1n) is 10.6. The number of carbonyl (C=O) groups excluding carboxylic acids is 1. The fourth-order valence-corrected chi connectivity index (χ4v) is 3.81.